The van der Waals surface area contributed by atoms with Gasteiger partial charge in [0.1, 0.15) is 11.2 Å². The lowest BCUT2D eigenvalue weighted by Crippen LogP contribution is -2.17. The monoisotopic (exact) mass is 1030 g/mol. The number of benzene rings is 16. The molecule has 0 atom stereocenters. The van der Waals surface area contributed by atoms with E-state index in [2.05, 4.69) is 48.5 Å². The summed E-state index contributed by atoms with van der Waals surface area (Å²) in [5, 5.41) is 13.8. The van der Waals surface area contributed by atoms with E-state index in [9.17, 15) is 0 Å². The van der Waals surface area contributed by atoms with E-state index >= 15 is 19.2 Å². The van der Waals surface area contributed by atoms with Crippen LogP contribution in [0.2, 0.25) is 0 Å². The third-order valence-corrected chi connectivity index (χ3v) is 17.3. The third-order valence-electron chi connectivity index (χ3n) is 17.3. The molecule has 0 aliphatic rings. The Morgan fingerprint density at radius 1 is 0.173 bits per heavy atom. The smallest absolute Gasteiger partial charge is 0.195 e. The van der Waals surface area contributed by atoms with E-state index in [1.807, 2.05) is 170 Å². The SMILES string of the molecule is O=c1c2ccc3oc4ccc5c(=O)c6c(-c7ccccc7)c7c8ccccc8c8ccccc8c7c(-c7ccccc7)c6c(=O)c5c4c3c2c(=O)c2c(-c3ccccc3)c3c4ccccc4c4ccccc4c3c(-c3ccccc3)c12. The standard InChI is InChI=1S/C76H40O5/c77-73-53-37-39-55-67(65(53)75(79)71-59(43-25-9-3-10-26-43)63-51-35-19-15-31-47(51)45-29-13-17-33-49(45)61(63)57(69(71)73)41-21-5-1-6-22-41)68-56(81-55)40-38-54-66(68)76(80)72-60(44-27-11-4-12-28-44)64-52-36-20-16-32-48(52)46-30-14-18-34-50(46)62(64)58(70(72)74(54)78)42-23-7-2-8-24-42/h1-40H. The summed E-state index contributed by atoms with van der Waals surface area (Å²) in [6.07, 6.45) is 0. The molecule has 5 heteroatoms. The van der Waals surface area contributed by atoms with Gasteiger partial charge in [-0.1, -0.05) is 218 Å². The van der Waals surface area contributed by atoms with Crippen molar-refractivity contribution in [2.75, 3.05) is 0 Å². The molecule has 0 aliphatic heterocycles. The van der Waals surface area contributed by atoms with Crippen molar-refractivity contribution in [3.05, 3.63) is 284 Å². The van der Waals surface area contributed by atoms with Gasteiger partial charge in [-0.05, 0) is 111 Å². The summed E-state index contributed by atoms with van der Waals surface area (Å²) in [6.45, 7) is 0. The molecule has 17 rings (SSSR count). The van der Waals surface area contributed by atoms with E-state index < -0.39 is 0 Å². The molecule has 81 heavy (non-hydrogen) atoms. The molecule has 0 saturated carbocycles. The normalized spacial score (nSPS) is 12.1. The summed E-state index contributed by atoms with van der Waals surface area (Å²) < 4.78 is 6.77. The predicted molar refractivity (Wildman–Crippen MR) is 338 cm³/mol. The van der Waals surface area contributed by atoms with E-state index in [1.165, 1.54) is 0 Å². The Balaban J connectivity index is 1.14. The first kappa shape index (κ1) is 45.2. The molecular weight excluding hydrogens is 993 g/mol. The van der Waals surface area contributed by atoms with Crippen molar-refractivity contribution in [1.29, 1.82) is 0 Å². The molecule has 1 aromatic heterocycles. The van der Waals surface area contributed by atoms with Gasteiger partial charge in [-0.25, -0.2) is 0 Å². The average molecular weight is 1030 g/mol. The lowest BCUT2D eigenvalue weighted by molar-refractivity contribution is 0.669. The van der Waals surface area contributed by atoms with Crippen molar-refractivity contribution in [2.24, 2.45) is 0 Å². The molecule has 0 saturated heterocycles. The first-order valence-electron chi connectivity index (χ1n) is 27.2. The minimum absolute atomic E-state index is 0.132. The van der Waals surface area contributed by atoms with E-state index in [0.29, 0.717) is 55.0 Å². The van der Waals surface area contributed by atoms with E-state index in [-0.39, 0.29) is 54.0 Å². The fourth-order valence-corrected chi connectivity index (χ4v) is 14.1. The maximum atomic E-state index is 16.8. The molecule has 16 aromatic carbocycles. The summed E-state index contributed by atoms with van der Waals surface area (Å²) in [4.78, 5) is 66.3. The Kier molecular flexibility index (Phi) is 9.38. The van der Waals surface area contributed by atoms with E-state index in [1.54, 1.807) is 24.3 Å². The molecule has 374 valence electrons. The van der Waals surface area contributed by atoms with Gasteiger partial charge in [-0.3, -0.25) is 19.2 Å². The van der Waals surface area contributed by atoms with Gasteiger partial charge in [0.15, 0.2) is 21.7 Å². The molecule has 0 aliphatic carbocycles. The van der Waals surface area contributed by atoms with Crippen molar-refractivity contribution in [3.63, 3.8) is 0 Å². The highest BCUT2D eigenvalue weighted by Crippen LogP contribution is 2.51. The molecular formula is C76H40O5. The molecule has 0 fully saturated rings. The Labute approximate surface area is 459 Å². The Morgan fingerprint density at radius 2 is 0.407 bits per heavy atom. The Hall–Kier alpha value is -10.9. The lowest BCUT2D eigenvalue weighted by atomic mass is 9.80. The summed E-state index contributed by atoms with van der Waals surface area (Å²) >= 11 is 0. The summed E-state index contributed by atoms with van der Waals surface area (Å²) in [7, 11) is 0. The number of fused-ring (bicyclic) bond motifs is 21. The second kappa shape index (κ2) is 16.8. The van der Waals surface area contributed by atoms with Crippen molar-refractivity contribution < 1.29 is 4.42 Å². The first-order valence-corrected chi connectivity index (χ1v) is 27.2. The van der Waals surface area contributed by atoms with Gasteiger partial charge in [0.2, 0.25) is 0 Å². The summed E-state index contributed by atoms with van der Waals surface area (Å²) in [6, 6.07) is 79.6. The first-order chi connectivity index (χ1) is 40.0. The molecule has 17 aromatic rings. The fraction of sp³-hybridized carbons (Fsp3) is 0. The van der Waals surface area contributed by atoms with E-state index in [4.69, 9.17) is 4.42 Å². The van der Waals surface area contributed by atoms with Crippen LogP contribution in [0.3, 0.4) is 0 Å². The minimum Gasteiger partial charge on any atom is -0.456 e. The van der Waals surface area contributed by atoms with Gasteiger partial charge in [0.25, 0.3) is 0 Å². The predicted octanol–water partition coefficient (Wildman–Crippen LogP) is 18.1. The zero-order valence-corrected chi connectivity index (χ0v) is 43.1. The highest BCUT2D eigenvalue weighted by Gasteiger charge is 2.31. The molecule has 0 unspecified atom stereocenters. The topological polar surface area (TPSA) is 81.4 Å². The maximum absolute atomic E-state index is 16.8. The van der Waals surface area contributed by atoms with E-state index in [0.717, 1.165) is 86.9 Å². The van der Waals surface area contributed by atoms with Crippen LogP contribution in [0.1, 0.15) is 0 Å². The number of hydrogen-bond acceptors (Lipinski definition) is 5. The molecule has 0 amide bonds. The Bertz CT molecular complexity index is 5520. The van der Waals surface area contributed by atoms with Crippen LogP contribution >= 0.6 is 0 Å². The van der Waals surface area contributed by atoms with Gasteiger partial charge in [0.05, 0.1) is 0 Å². The summed E-state index contributed by atoms with van der Waals surface area (Å²) in [5.74, 6) is 0. The highest BCUT2D eigenvalue weighted by molar-refractivity contribution is 6.40. The van der Waals surface area contributed by atoms with Crippen LogP contribution < -0.4 is 21.7 Å². The highest BCUT2D eigenvalue weighted by atomic mass is 16.3. The van der Waals surface area contributed by atoms with Crippen LogP contribution in [0, 0.1) is 0 Å². The van der Waals surface area contributed by atoms with Gasteiger partial charge in [-0.15, -0.1) is 0 Å². The van der Waals surface area contributed by atoms with Crippen LogP contribution in [0.25, 0.3) is 174 Å². The number of rotatable bonds is 4. The van der Waals surface area contributed by atoms with Crippen LogP contribution in [-0.4, -0.2) is 0 Å². The molecule has 0 spiro atoms. The summed E-state index contributed by atoms with van der Waals surface area (Å²) in [5.41, 5.74) is 5.01. The fourth-order valence-electron chi connectivity index (χ4n) is 14.1. The number of furan rings is 1. The second-order valence-corrected chi connectivity index (χ2v) is 21.3. The van der Waals surface area contributed by atoms with Crippen molar-refractivity contribution in [1.82, 2.24) is 0 Å². The van der Waals surface area contributed by atoms with Crippen molar-refractivity contribution in [2.45, 2.75) is 0 Å². The van der Waals surface area contributed by atoms with Gasteiger partial charge >= 0.3 is 0 Å². The van der Waals surface area contributed by atoms with Gasteiger partial charge in [-0.2, -0.15) is 0 Å². The number of hydrogen-bond donors (Lipinski definition) is 0. The quantitative estimate of drug-likeness (QED) is 0.130. The van der Waals surface area contributed by atoms with Crippen LogP contribution in [0.5, 0.6) is 0 Å². The maximum Gasteiger partial charge on any atom is 0.195 e. The molecule has 0 radical (unpaired) electrons. The van der Waals surface area contributed by atoms with Gasteiger partial charge in [0, 0.05) is 76.1 Å². The second-order valence-electron chi connectivity index (χ2n) is 21.3. The van der Waals surface area contributed by atoms with Gasteiger partial charge < -0.3 is 4.42 Å². The molecule has 0 bridgehead atoms. The van der Waals surface area contributed by atoms with Crippen LogP contribution in [0.15, 0.2) is 266 Å². The Morgan fingerprint density at radius 3 is 0.679 bits per heavy atom. The zero-order chi connectivity index (χ0) is 53.8. The van der Waals surface area contributed by atoms with Crippen LogP contribution in [0.4, 0.5) is 0 Å². The van der Waals surface area contributed by atoms with Crippen molar-refractivity contribution >= 4 is 130 Å². The van der Waals surface area contributed by atoms with Crippen molar-refractivity contribution in [3.8, 4) is 44.5 Å². The largest absolute Gasteiger partial charge is 0.456 e. The molecule has 0 N–H and O–H groups in total. The molecule has 5 nitrogen and oxygen atoms in total. The third kappa shape index (κ3) is 6.04. The minimum atomic E-state index is -0.378. The average Bonchev–Trinajstić information content (AvgIpc) is 3.87. The van der Waals surface area contributed by atoms with Crippen LogP contribution in [-0.2, 0) is 0 Å². The lowest BCUT2D eigenvalue weighted by Gasteiger charge is -2.21. The molecule has 1 heterocycles. The zero-order valence-electron chi connectivity index (χ0n) is 43.1.